The third-order valence-electron chi connectivity index (χ3n) is 2.20. The summed E-state index contributed by atoms with van der Waals surface area (Å²) in [4.78, 5) is 4.04. The average molecular weight is 280 g/mol. The van der Waals surface area contributed by atoms with Crippen LogP contribution in [0.4, 0.5) is 0 Å². The highest BCUT2D eigenvalue weighted by molar-refractivity contribution is 9.09. The molecule has 0 radical (unpaired) electrons. The minimum Gasteiger partial charge on any atom is -0.432 e. The van der Waals surface area contributed by atoms with E-state index in [9.17, 15) is 0 Å². The van der Waals surface area contributed by atoms with Crippen molar-refractivity contribution in [2.45, 2.75) is 6.54 Å². The fraction of sp³-hybridized carbons (Fsp3) is 0.167. The minimum atomic E-state index is 0.466. The lowest BCUT2D eigenvalue weighted by molar-refractivity contribution is -0.693. The van der Waals surface area contributed by atoms with Crippen LogP contribution in [0.25, 0.3) is 0 Å². The molecule has 0 aliphatic heterocycles. The molecule has 0 unspecified atom stereocenters. The van der Waals surface area contributed by atoms with Crippen molar-refractivity contribution in [3.05, 3.63) is 54.5 Å². The van der Waals surface area contributed by atoms with Crippen LogP contribution >= 0.6 is 15.9 Å². The number of alkyl halides is 1. The largest absolute Gasteiger partial charge is 0.432 e. The Morgan fingerprint density at radius 2 is 2.06 bits per heavy atom. The average Bonchev–Trinajstić information content (AvgIpc) is 2.33. The van der Waals surface area contributed by atoms with E-state index >= 15 is 0 Å². The van der Waals surface area contributed by atoms with Gasteiger partial charge in [0, 0.05) is 5.56 Å². The van der Waals surface area contributed by atoms with Gasteiger partial charge in [-0.1, -0.05) is 30.3 Å². The molecular weight excluding hydrogens is 268 g/mol. The van der Waals surface area contributed by atoms with Crippen LogP contribution in [0.15, 0.2) is 48.9 Å². The highest BCUT2D eigenvalue weighted by Gasteiger charge is 2.11. The Hall–Kier alpha value is -1.42. The highest BCUT2D eigenvalue weighted by Crippen LogP contribution is 2.04. The normalized spacial score (nSPS) is 10.1. The SMILES string of the molecule is BrCOc1cncc[n+]1Cc1ccccc1. The summed E-state index contributed by atoms with van der Waals surface area (Å²) in [6.07, 6.45) is 5.37. The predicted octanol–water partition coefficient (Wildman–Crippen LogP) is 2.15. The molecular formula is C12H12BrN2O+. The Bertz CT molecular complexity index is 448. The molecule has 0 amide bonds. The number of nitrogens with zero attached hydrogens (tertiary/aromatic N) is 2. The van der Waals surface area contributed by atoms with E-state index in [-0.39, 0.29) is 0 Å². The predicted molar refractivity (Wildman–Crippen MR) is 64.4 cm³/mol. The van der Waals surface area contributed by atoms with E-state index in [4.69, 9.17) is 4.74 Å². The summed E-state index contributed by atoms with van der Waals surface area (Å²) >= 11 is 3.24. The number of halogens is 1. The van der Waals surface area contributed by atoms with Crippen LogP contribution in [0.1, 0.15) is 5.56 Å². The zero-order valence-electron chi connectivity index (χ0n) is 8.71. The molecule has 1 aromatic heterocycles. The maximum Gasteiger partial charge on any atom is 0.387 e. The Kier molecular flexibility index (Phi) is 3.88. The molecule has 1 aromatic carbocycles. The van der Waals surface area contributed by atoms with Gasteiger partial charge in [-0.2, -0.15) is 4.57 Å². The van der Waals surface area contributed by atoms with Crippen molar-refractivity contribution in [2.24, 2.45) is 0 Å². The Morgan fingerprint density at radius 1 is 1.25 bits per heavy atom. The maximum absolute atomic E-state index is 5.43. The van der Waals surface area contributed by atoms with Gasteiger partial charge in [0.05, 0.1) is 6.20 Å². The van der Waals surface area contributed by atoms with Crippen molar-refractivity contribution in [1.82, 2.24) is 4.98 Å². The second-order valence-electron chi connectivity index (χ2n) is 3.28. The monoisotopic (exact) mass is 279 g/mol. The summed E-state index contributed by atoms with van der Waals surface area (Å²) in [5.41, 5.74) is 1.70. The van der Waals surface area contributed by atoms with E-state index in [1.165, 1.54) is 5.56 Å². The van der Waals surface area contributed by atoms with Gasteiger partial charge in [-0.15, -0.1) is 0 Å². The first-order valence-corrected chi connectivity index (χ1v) is 6.08. The molecule has 0 fully saturated rings. The second-order valence-corrected chi connectivity index (χ2v) is 3.74. The van der Waals surface area contributed by atoms with Crippen LogP contribution in [0, 0.1) is 0 Å². The van der Waals surface area contributed by atoms with Crippen molar-refractivity contribution < 1.29 is 9.30 Å². The molecule has 3 nitrogen and oxygen atoms in total. The summed E-state index contributed by atoms with van der Waals surface area (Å²) in [7, 11) is 0. The van der Waals surface area contributed by atoms with Gasteiger partial charge in [-0.3, -0.25) is 0 Å². The molecule has 1 heterocycles. The fourth-order valence-electron chi connectivity index (χ4n) is 1.46. The van der Waals surface area contributed by atoms with E-state index in [0.29, 0.717) is 5.52 Å². The lowest BCUT2D eigenvalue weighted by Crippen LogP contribution is -2.36. The van der Waals surface area contributed by atoms with Crippen molar-refractivity contribution in [1.29, 1.82) is 0 Å². The molecule has 2 aromatic rings. The molecule has 0 atom stereocenters. The third kappa shape index (κ3) is 2.79. The fourth-order valence-corrected chi connectivity index (χ4v) is 1.69. The summed E-state index contributed by atoms with van der Waals surface area (Å²) < 4.78 is 7.44. The summed E-state index contributed by atoms with van der Waals surface area (Å²) in [6.45, 7) is 0.783. The number of benzene rings is 1. The summed E-state index contributed by atoms with van der Waals surface area (Å²) in [6, 6.07) is 10.2. The quantitative estimate of drug-likeness (QED) is 0.633. The van der Waals surface area contributed by atoms with E-state index in [1.807, 2.05) is 29.0 Å². The molecule has 4 heteroatoms. The highest BCUT2D eigenvalue weighted by atomic mass is 79.9. The number of hydrogen-bond donors (Lipinski definition) is 0. The molecule has 0 aliphatic carbocycles. The Morgan fingerprint density at radius 3 is 2.81 bits per heavy atom. The van der Waals surface area contributed by atoms with Crippen molar-refractivity contribution in [3.8, 4) is 5.88 Å². The van der Waals surface area contributed by atoms with Gasteiger partial charge < -0.3 is 4.74 Å². The van der Waals surface area contributed by atoms with Crippen molar-refractivity contribution in [2.75, 3.05) is 5.52 Å². The van der Waals surface area contributed by atoms with Gasteiger partial charge in [0.25, 0.3) is 0 Å². The van der Waals surface area contributed by atoms with Gasteiger partial charge in [-0.25, -0.2) is 4.98 Å². The molecule has 0 saturated heterocycles. The first kappa shape index (κ1) is 11.1. The zero-order valence-corrected chi connectivity index (χ0v) is 10.3. The lowest BCUT2D eigenvalue weighted by Gasteiger charge is -2.02. The van der Waals surface area contributed by atoms with E-state index < -0.39 is 0 Å². The van der Waals surface area contributed by atoms with Crippen molar-refractivity contribution in [3.63, 3.8) is 0 Å². The van der Waals surface area contributed by atoms with Crippen LogP contribution in [0.2, 0.25) is 0 Å². The van der Waals surface area contributed by atoms with Gasteiger partial charge >= 0.3 is 5.88 Å². The van der Waals surface area contributed by atoms with Gasteiger partial charge in [0.2, 0.25) is 0 Å². The molecule has 2 rings (SSSR count). The standard InChI is InChI=1S/C12H12BrN2O/c13-10-16-12-8-14-6-7-15(12)9-11-4-2-1-3-5-11/h1-8H,9-10H2/q+1. The molecule has 0 spiro atoms. The zero-order chi connectivity index (χ0) is 11.2. The summed E-state index contributed by atoms with van der Waals surface area (Å²) in [5.74, 6) is 0.753. The minimum absolute atomic E-state index is 0.466. The number of hydrogen-bond acceptors (Lipinski definition) is 2. The van der Waals surface area contributed by atoms with Crippen LogP contribution < -0.4 is 9.30 Å². The third-order valence-corrected chi connectivity index (χ3v) is 2.43. The van der Waals surface area contributed by atoms with Crippen LogP contribution in [0.5, 0.6) is 5.88 Å². The molecule has 0 aliphatic rings. The smallest absolute Gasteiger partial charge is 0.387 e. The van der Waals surface area contributed by atoms with E-state index in [1.54, 1.807) is 12.4 Å². The molecule has 82 valence electrons. The van der Waals surface area contributed by atoms with Crippen LogP contribution in [-0.4, -0.2) is 10.5 Å². The molecule has 0 bridgehead atoms. The van der Waals surface area contributed by atoms with Gasteiger partial charge in [0.15, 0.2) is 12.7 Å². The van der Waals surface area contributed by atoms with Crippen LogP contribution in [-0.2, 0) is 6.54 Å². The topological polar surface area (TPSA) is 26.0 Å². The molecule has 0 N–H and O–H groups in total. The molecule has 16 heavy (non-hydrogen) atoms. The molecule has 0 saturated carbocycles. The van der Waals surface area contributed by atoms with Crippen molar-refractivity contribution >= 4 is 15.9 Å². The van der Waals surface area contributed by atoms with Gasteiger partial charge in [0.1, 0.15) is 11.7 Å². The Balaban J connectivity index is 2.21. The first-order valence-electron chi connectivity index (χ1n) is 4.96. The Labute approximate surface area is 103 Å². The van der Waals surface area contributed by atoms with E-state index in [2.05, 4.69) is 33.0 Å². The van der Waals surface area contributed by atoms with E-state index in [0.717, 1.165) is 12.4 Å². The number of ether oxygens (including phenoxy) is 1. The van der Waals surface area contributed by atoms with Crippen LogP contribution in [0.3, 0.4) is 0 Å². The lowest BCUT2D eigenvalue weighted by atomic mass is 10.2. The number of aromatic nitrogens is 2. The number of rotatable bonds is 4. The summed E-state index contributed by atoms with van der Waals surface area (Å²) in [5, 5.41) is 0. The first-order chi connectivity index (χ1) is 7.90. The second kappa shape index (κ2) is 5.61. The van der Waals surface area contributed by atoms with Gasteiger partial charge in [-0.05, 0) is 15.9 Å². The maximum atomic E-state index is 5.43.